The summed E-state index contributed by atoms with van der Waals surface area (Å²) in [5, 5.41) is 20.2. The first-order valence-electron chi connectivity index (χ1n) is 6.62. The fourth-order valence-corrected chi connectivity index (χ4v) is 2.85. The van der Waals surface area contributed by atoms with Crippen LogP contribution in [0.25, 0.3) is 0 Å². The zero-order chi connectivity index (χ0) is 13.2. The fraction of sp³-hybridized carbons (Fsp3) is 0.733. The maximum Gasteiger partial charge on any atom is 0.0937 e. The molecule has 0 amide bonds. The molecular formula is C15H26O2. The van der Waals surface area contributed by atoms with Crippen molar-refractivity contribution >= 4 is 0 Å². The van der Waals surface area contributed by atoms with Crippen molar-refractivity contribution in [1.29, 1.82) is 0 Å². The Hall–Kier alpha value is -0.760. The Labute approximate surface area is 105 Å². The number of rotatable bonds is 4. The molecule has 2 heteroatoms. The van der Waals surface area contributed by atoms with Crippen LogP contribution in [0.3, 0.4) is 0 Å². The van der Waals surface area contributed by atoms with Crippen LogP contribution in [0.1, 0.15) is 47.5 Å². The van der Waals surface area contributed by atoms with Crippen molar-refractivity contribution in [3.8, 4) is 0 Å². The SMILES string of the molecule is CC=C(O)C(C)C(O)C1=C(C)CCC1C(C)C. The highest BCUT2D eigenvalue weighted by molar-refractivity contribution is 5.27. The molecule has 1 aliphatic rings. The van der Waals surface area contributed by atoms with E-state index in [0.29, 0.717) is 11.8 Å². The molecule has 0 saturated heterocycles. The summed E-state index contributed by atoms with van der Waals surface area (Å²) in [7, 11) is 0. The van der Waals surface area contributed by atoms with Gasteiger partial charge in [-0.25, -0.2) is 0 Å². The molecule has 0 spiro atoms. The predicted octanol–water partition coefficient (Wildman–Crippen LogP) is 3.83. The lowest BCUT2D eigenvalue weighted by Crippen LogP contribution is -2.27. The smallest absolute Gasteiger partial charge is 0.0937 e. The van der Waals surface area contributed by atoms with E-state index in [1.165, 1.54) is 11.1 Å². The molecule has 2 N–H and O–H groups in total. The van der Waals surface area contributed by atoms with E-state index in [-0.39, 0.29) is 11.7 Å². The first-order valence-corrected chi connectivity index (χ1v) is 6.62. The number of hydrogen-bond donors (Lipinski definition) is 2. The maximum absolute atomic E-state index is 10.4. The second-order valence-electron chi connectivity index (χ2n) is 5.57. The van der Waals surface area contributed by atoms with Gasteiger partial charge in [0.15, 0.2) is 0 Å². The van der Waals surface area contributed by atoms with Gasteiger partial charge in [-0.1, -0.05) is 26.3 Å². The lowest BCUT2D eigenvalue weighted by Gasteiger charge is -2.27. The van der Waals surface area contributed by atoms with Gasteiger partial charge in [-0.15, -0.1) is 0 Å². The predicted molar refractivity (Wildman–Crippen MR) is 71.8 cm³/mol. The molecular weight excluding hydrogens is 212 g/mol. The lowest BCUT2D eigenvalue weighted by molar-refractivity contribution is 0.126. The van der Waals surface area contributed by atoms with E-state index in [4.69, 9.17) is 0 Å². The Bertz CT molecular complexity index is 326. The van der Waals surface area contributed by atoms with Gasteiger partial charge in [-0.05, 0) is 50.2 Å². The Morgan fingerprint density at radius 3 is 2.41 bits per heavy atom. The summed E-state index contributed by atoms with van der Waals surface area (Å²) in [5.74, 6) is 1.10. The molecule has 0 aromatic rings. The summed E-state index contributed by atoms with van der Waals surface area (Å²) in [6, 6.07) is 0. The summed E-state index contributed by atoms with van der Waals surface area (Å²) in [6.45, 7) is 10.2. The quantitative estimate of drug-likeness (QED) is 0.577. The molecule has 0 radical (unpaired) electrons. The van der Waals surface area contributed by atoms with Crippen LogP contribution in [0.2, 0.25) is 0 Å². The van der Waals surface area contributed by atoms with Crippen LogP contribution in [0, 0.1) is 17.8 Å². The van der Waals surface area contributed by atoms with E-state index in [1.54, 1.807) is 13.0 Å². The Morgan fingerprint density at radius 1 is 1.35 bits per heavy atom. The van der Waals surface area contributed by atoms with Gasteiger partial charge in [0, 0.05) is 5.92 Å². The van der Waals surface area contributed by atoms with Gasteiger partial charge in [0.25, 0.3) is 0 Å². The van der Waals surface area contributed by atoms with E-state index in [9.17, 15) is 10.2 Å². The summed E-state index contributed by atoms with van der Waals surface area (Å²) in [4.78, 5) is 0. The Kier molecular flexibility index (Phi) is 4.81. The fourth-order valence-electron chi connectivity index (χ4n) is 2.85. The third kappa shape index (κ3) is 2.92. The number of aliphatic hydroxyl groups is 2. The van der Waals surface area contributed by atoms with Crippen molar-refractivity contribution in [2.75, 3.05) is 0 Å². The maximum atomic E-state index is 10.4. The lowest BCUT2D eigenvalue weighted by atomic mass is 9.82. The molecule has 2 nitrogen and oxygen atoms in total. The molecule has 98 valence electrons. The van der Waals surface area contributed by atoms with Crippen molar-refractivity contribution in [2.45, 2.75) is 53.6 Å². The van der Waals surface area contributed by atoms with Crippen LogP contribution in [-0.2, 0) is 0 Å². The monoisotopic (exact) mass is 238 g/mol. The minimum Gasteiger partial charge on any atom is -0.512 e. The summed E-state index contributed by atoms with van der Waals surface area (Å²) in [5.41, 5.74) is 2.48. The molecule has 0 saturated carbocycles. The second kappa shape index (κ2) is 5.72. The summed E-state index contributed by atoms with van der Waals surface area (Å²) < 4.78 is 0. The zero-order valence-electron chi connectivity index (χ0n) is 11.7. The van der Waals surface area contributed by atoms with Crippen LogP contribution < -0.4 is 0 Å². The van der Waals surface area contributed by atoms with Crippen LogP contribution >= 0.6 is 0 Å². The standard InChI is InChI=1S/C15H26O2/c1-6-13(16)11(5)15(17)14-10(4)7-8-12(14)9(2)3/h6,9,11-12,15-17H,7-8H2,1-5H3. The topological polar surface area (TPSA) is 40.5 Å². The van der Waals surface area contributed by atoms with Crippen molar-refractivity contribution in [3.63, 3.8) is 0 Å². The van der Waals surface area contributed by atoms with E-state index < -0.39 is 6.10 Å². The van der Waals surface area contributed by atoms with E-state index in [2.05, 4.69) is 20.8 Å². The van der Waals surface area contributed by atoms with E-state index in [0.717, 1.165) is 12.8 Å². The van der Waals surface area contributed by atoms with Crippen molar-refractivity contribution in [2.24, 2.45) is 17.8 Å². The van der Waals surface area contributed by atoms with Crippen LogP contribution in [0.15, 0.2) is 23.0 Å². The van der Waals surface area contributed by atoms with Gasteiger partial charge in [0.1, 0.15) is 0 Å². The minimum atomic E-state index is -0.541. The molecule has 1 aliphatic carbocycles. The summed E-state index contributed by atoms with van der Waals surface area (Å²) >= 11 is 0. The molecule has 0 heterocycles. The first kappa shape index (κ1) is 14.3. The van der Waals surface area contributed by atoms with Gasteiger partial charge < -0.3 is 10.2 Å². The van der Waals surface area contributed by atoms with Gasteiger partial charge in [-0.3, -0.25) is 0 Å². The number of allylic oxidation sites excluding steroid dienone is 2. The van der Waals surface area contributed by atoms with Gasteiger partial charge in [0.05, 0.1) is 11.9 Å². The molecule has 0 aromatic heterocycles. The van der Waals surface area contributed by atoms with Gasteiger partial charge in [0.2, 0.25) is 0 Å². The molecule has 1 rings (SSSR count). The zero-order valence-corrected chi connectivity index (χ0v) is 11.7. The molecule has 0 fully saturated rings. The number of aliphatic hydroxyl groups excluding tert-OH is 2. The highest BCUT2D eigenvalue weighted by Crippen LogP contribution is 2.40. The highest BCUT2D eigenvalue weighted by atomic mass is 16.3. The highest BCUT2D eigenvalue weighted by Gasteiger charge is 2.33. The van der Waals surface area contributed by atoms with Gasteiger partial charge >= 0.3 is 0 Å². The molecule has 3 atom stereocenters. The van der Waals surface area contributed by atoms with Crippen molar-refractivity contribution in [3.05, 3.63) is 23.0 Å². The molecule has 17 heavy (non-hydrogen) atoms. The Balaban J connectivity index is 2.93. The van der Waals surface area contributed by atoms with E-state index in [1.807, 2.05) is 6.92 Å². The van der Waals surface area contributed by atoms with Crippen LogP contribution in [-0.4, -0.2) is 16.3 Å². The largest absolute Gasteiger partial charge is 0.512 e. The third-order valence-corrected chi connectivity index (χ3v) is 4.08. The average Bonchev–Trinajstić information content (AvgIpc) is 2.68. The average molecular weight is 238 g/mol. The molecule has 0 aromatic carbocycles. The Morgan fingerprint density at radius 2 is 1.94 bits per heavy atom. The van der Waals surface area contributed by atoms with Crippen molar-refractivity contribution in [1.82, 2.24) is 0 Å². The van der Waals surface area contributed by atoms with E-state index >= 15 is 0 Å². The van der Waals surface area contributed by atoms with Crippen LogP contribution in [0.4, 0.5) is 0 Å². The van der Waals surface area contributed by atoms with Crippen molar-refractivity contribution < 1.29 is 10.2 Å². The third-order valence-electron chi connectivity index (χ3n) is 4.08. The number of hydrogen-bond acceptors (Lipinski definition) is 2. The normalized spacial score (nSPS) is 25.6. The molecule has 0 aliphatic heterocycles. The molecule has 3 unspecified atom stereocenters. The van der Waals surface area contributed by atoms with Gasteiger partial charge in [-0.2, -0.15) is 0 Å². The summed E-state index contributed by atoms with van der Waals surface area (Å²) in [6.07, 6.45) is 3.35. The molecule has 0 bridgehead atoms. The second-order valence-corrected chi connectivity index (χ2v) is 5.57. The van der Waals surface area contributed by atoms with Crippen LogP contribution in [0.5, 0.6) is 0 Å². The minimum absolute atomic E-state index is 0.204. The first-order chi connectivity index (χ1) is 7.90.